The highest BCUT2D eigenvalue weighted by Gasteiger charge is 2.36. The first kappa shape index (κ1) is 58.0. The van der Waals surface area contributed by atoms with Gasteiger partial charge in [0.15, 0.2) is 0 Å². The molecule has 2 aromatic heterocycles. The molecule has 0 radical (unpaired) electrons. The van der Waals surface area contributed by atoms with Crippen LogP contribution in [-0.2, 0) is 48.4 Å². The summed E-state index contributed by atoms with van der Waals surface area (Å²) in [6.07, 6.45) is -6.19. The van der Waals surface area contributed by atoms with Gasteiger partial charge in [-0.25, -0.2) is 36.6 Å². The van der Waals surface area contributed by atoms with Crippen molar-refractivity contribution in [2.75, 3.05) is 29.3 Å². The van der Waals surface area contributed by atoms with Crippen LogP contribution in [-0.4, -0.2) is 64.5 Å². The number of sulfonamides is 2. The normalized spacial score (nSPS) is 11.4. The molecule has 72 heavy (non-hydrogen) atoms. The molecule has 380 valence electrons. The fraction of sp³-hybridized carbons (Fsp3) is 0.156. The number of rotatable bonds is 12. The number of nitrogen functional groups attached to an aromatic ring is 1. The van der Waals surface area contributed by atoms with Crippen LogP contribution in [0.2, 0.25) is 20.1 Å². The molecule has 0 fully saturated rings. The molecular formula is C45H35Cl4F6N7O8S2. The van der Waals surface area contributed by atoms with E-state index in [0.717, 1.165) is 48.8 Å². The second kappa shape index (κ2) is 23.8. The molecule has 0 bridgehead atoms. The molecule has 15 nitrogen and oxygen atoms in total. The minimum absolute atomic E-state index is 0.00268. The van der Waals surface area contributed by atoms with Gasteiger partial charge in [0.1, 0.15) is 11.4 Å². The summed E-state index contributed by atoms with van der Waals surface area (Å²) in [5, 5.41) is 1.11. The topological polar surface area (TPSA) is 237 Å². The van der Waals surface area contributed by atoms with Crippen LogP contribution < -0.4 is 20.5 Å². The van der Waals surface area contributed by atoms with Crippen LogP contribution in [0.15, 0.2) is 112 Å². The highest BCUT2D eigenvalue weighted by Crippen LogP contribution is 2.38. The molecule has 0 aliphatic rings. The second-order valence-corrected chi connectivity index (χ2v) is 19.7. The molecule has 4 aromatic carbocycles. The number of aromatic nitrogens is 2. The number of ketones is 2. The fourth-order valence-corrected chi connectivity index (χ4v) is 8.95. The first-order valence-electron chi connectivity index (χ1n) is 19.8. The summed E-state index contributed by atoms with van der Waals surface area (Å²) < 4.78 is 135. The average Bonchev–Trinajstić information content (AvgIpc) is 3.29. The van der Waals surface area contributed by atoms with Crippen molar-refractivity contribution in [3.05, 3.63) is 168 Å². The zero-order valence-corrected chi connectivity index (χ0v) is 41.9. The van der Waals surface area contributed by atoms with Crippen molar-refractivity contribution in [1.82, 2.24) is 15.3 Å². The Labute approximate surface area is 426 Å². The molecule has 0 aliphatic carbocycles. The van der Waals surface area contributed by atoms with Gasteiger partial charge in [0.2, 0.25) is 23.6 Å². The lowest BCUT2D eigenvalue weighted by Crippen LogP contribution is -2.20. The smallest absolute Gasteiger partial charge is 0.399 e. The lowest BCUT2D eigenvalue weighted by atomic mass is 9.97. The molecule has 0 atom stereocenters. The number of likely N-dealkylation sites (N-methyl/N-ethyl adjacent to an activating group) is 1. The van der Waals surface area contributed by atoms with E-state index in [9.17, 15) is 57.6 Å². The Morgan fingerprint density at radius 3 is 1.44 bits per heavy atom. The number of hydrogen-bond acceptors (Lipinski definition) is 12. The Balaban J connectivity index is 0.000000292. The second-order valence-electron chi connectivity index (χ2n) is 14.6. The number of benzene rings is 4. The number of hydrogen-bond donors (Lipinski definition) is 4. The monoisotopic (exact) mass is 1120 g/mol. The molecule has 27 heteroatoms. The number of anilines is 3. The molecule has 6 rings (SSSR count). The minimum Gasteiger partial charge on any atom is -0.399 e. The third kappa shape index (κ3) is 15.0. The fourth-order valence-electron chi connectivity index (χ4n) is 6.02. The largest absolute Gasteiger partial charge is 0.417 e. The average molecular weight is 1120 g/mol. The molecule has 0 saturated carbocycles. The van der Waals surface area contributed by atoms with Gasteiger partial charge in [-0.3, -0.25) is 23.8 Å². The first-order chi connectivity index (χ1) is 33.4. The first-order valence-corrected chi connectivity index (χ1v) is 24.2. The van der Waals surface area contributed by atoms with Crippen molar-refractivity contribution >= 4 is 107 Å². The number of aliphatic imine (C=N–C) groups is 1. The predicted molar refractivity (Wildman–Crippen MR) is 258 cm³/mol. The van der Waals surface area contributed by atoms with Gasteiger partial charge < -0.3 is 11.1 Å². The quantitative estimate of drug-likeness (QED) is 0.0296. The van der Waals surface area contributed by atoms with Crippen LogP contribution in [0, 0.1) is 13.8 Å². The summed E-state index contributed by atoms with van der Waals surface area (Å²) in [5.74, 6) is -1.62. The summed E-state index contributed by atoms with van der Waals surface area (Å²) in [6.45, 7) is 3.29. The zero-order valence-electron chi connectivity index (χ0n) is 37.2. The maximum Gasteiger partial charge on any atom is 0.417 e. The third-order valence-corrected chi connectivity index (χ3v) is 13.3. The Kier molecular flexibility index (Phi) is 19.1. The molecule has 0 aliphatic heterocycles. The third-order valence-electron chi connectivity index (χ3n) is 9.52. The van der Waals surface area contributed by atoms with Gasteiger partial charge in [0.05, 0.1) is 58.8 Å². The standard InChI is InChI=1S/C23H18Cl2F3N3O4S.C20H14Cl2F3N3O3S.C2H3NO/c1-12-3-4-13(8-20(32)29-2)7-16(12)22(33)21-19(9-14(24)11-30-21)31-36(34,35)15-5-6-18(25)17(10-15)23(26,27)28;1-10-2-3-12(26)7-14(10)19(29)18-17(6-11(21)9-27-18)28-32(30,31)13-4-5-16(22)15(8-13)20(23,24)25;1-3-2-4/h3-7,9-11,31H,8H2,1-2H3,(H,29,32);2-9,28H,26H2,1H3;1H3. The van der Waals surface area contributed by atoms with Crippen molar-refractivity contribution in [3.63, 3.8) is 0 Å². The van der Waals surface area contributed by atoms with E-state index in [1.165, 1.54) is 32.3 Å². The molecule has 0 saturated heterocycles. The van der Waals surface area contributed by atoms with Crippen LogP contribution in [0.1, 0.15) is 59.9 Å². The van der Waals surface area contributed by atoms with Crippen LogP contribution in [0.4, 0.5) is 43.4 Å². The lowest BCUT2D eigenvalue weighted by molar-refractivity contribution is -0.138. The van der Waals surface area contributed by atoms with Gasteiger partial charge in [-0.1, -0.05) is 64.6 Å². The van der Waals surface area contributed by atoms with Gasteiger partial charge in [0.25, 0.3) is 20.0 Å². The number of nitrogens with two attached hydrogens (primary N) is 1. The number of aryl methyl sites for hydroxylation is 2. The van der Waals surface area contributed by atoms with Gasteiger partial charge in [-0.05, 0) is 97.3 Å². The van der Waals surface area contributed by atoms with Gasteiger partial charge >= 0.3 is 12.4 Å². The van der Waals surface area contributed by atoms with Crippen molar-refractivity contribution in [3.8, 4) is 0 Å². The Bertz CT molecular complexity index is 3360. The molecule has 6 aromatic rings. The number of pyridine rings is 2. The summed E-state index contributed by atoms with van der Waals surface area (Å²) in [5.41, 5.74) is 4.01. The summed E-state index contributed by atoms with van der Waals surface area (Å²) in [7, 11) is -6.34. The van der Waals surface area contributed by atoms with Crippen LogP contribution in [0.25, 0.3) is 0 Å². The van der Waals surface area contributed by atoms with Crippen molar-refractivity contribution < 1.29 is 62.4 Å². The van der Waals surface area contributed by atoms with Gasteiger partial charge in [-0.15, -0.1) is 0 Å². The molecule has 2 heterocycles. The van der Waals surface area contributed by atoms with E-state index in [0.29, 0.717) is 34.5 Å². The Morgan fingerprint density at radius 2 is 1.06 bits per heavy atom. The lowest BCUT2D eigenvalue weighted by Gasteiger charge is -2.15. The molecule has 1 amide bonds. The highest BCUT2D eigenvalue weighted by atomic mass is 35.5. The number of carbonyl (C=O) groups excluding carboxylic acids is 4. The summed E-state index contributed by atoms with van der Waals surface area (Å²) in [6, 6.07) is 15.8. The number of nitrogens with one attached hydrogen (secondary N) is 3. The summed E-state index contributed by atoms with van der Waals surface area (Å²) >= 11 is 23.0. The molecular weight excluding hydrogens is 1090 g/mol. The Morgan fingerprint density at radius 1 is 0.653 bits per heavy atom. The van der Waals surface area contributed by atoms with E-state index in [1.807, 2.05) is 0 Å². The van der Waals surface area contributed by atoms with Crippen molar-refractivity contribution in [2.45, 2.75) is 42.4 Å². The van der Waals surface area contributed by atoms with E-state index in [-0.39, 0.29) is 56.3 Å². The maximum absolute atomic E-state index is 13.4. The van der Waals surface area contributed by atoms with E-state index >= 15 is 0 Å². The van der Waals surface area contributed by atoms with Crippen molar-refractivity contribution in [1.29, 1.82) is 0 Å². The van der Waals surface area contributed by atoms with E-state index in [1.54, 1.807) is 38.1 Å². The number of nitrogens with zero attached hydrogens (tertiary/aromatic N) is 3. The zero-order chi connectivity index (χ0) is 54.1. The SMILES string of the molecule is CN=C=O.CNC(=O)Cc1ccc(C)c(C(=O)c2ncc(Cl)cc2NS(=O)(=O)c2ccc(Cl)c(C(F)(F)F)c2)c1.Cc1ccc(N)cc1C(=O)c1ncc(Cl)cc1NS(=O)(=O)c1ccc(Cl)c(C(F)(F)F)c1. The van der Waals surface area contributed by atoms with E-state index < -0.39 is 74.9 Å². The van der Waals surface area contributed by atoms with E-state index in [2.05, 4.69) is 29.7 Å². The molecule has 0 unspecified atom stereocenters. The number of isocyanates is 1. The molecule has 5 N–H and O–H groups in total. The number of carbonyl (C=O) groups is 3. The molecule has 0 spiro atoms. The number of alkyl halides is 6. The van der Waals surface area contributed by atoms with Gasteiger partial charge in [0, 0.05) is 43.3 Å². The van der Waals surface area contributed by atoms with Crippen LogP contribution >= 0.6 is 46.4 Å². The van der Waals surface area contributed by atoms with E-state index in [4.69, 9.17) is 56.9 Å². The number of halogens is 10. The maximum atomic E-state index is 13.4. The van der Waals surface area contributed by atoms with Crippen LogP contribution in [0.5, 0.6) is 0 Å². The summed E-state index contributed by atoms with van der Waals surface area (Å²) in [4.78, 5) is 56.4. The van der Waals surface area contributed by atoms with Crippen molar-refractivity contribution in [2.24, 2.45) is 4.99 Å². The van der Waals surface area contributed by atoms with Crippen LogP contribution in [0.3, 0.4) is 0 Å². The Hall–Kier alpha value is -6.59. The highest BCUT2D eigenvalue weighted by molar-refractivity contribution is 7.93. The number of amides is 1. The minimum atomic E-state index is -4.89. The predicted octanol–water partition coefficient (Wildman–Crippen LogP) is 10.3. The van der Waals surface area contributed by atoms with Gasteiger partial charge in [-0.2, -0.15) is 26.3 Å².